The molecule has 0 aliphatic rings. The van der Waals surface area contributed by atoms with E-state index in [2.05, 4.69) is 13.2 Å². The van der Waals surface area contributed by atoms with Gasteiger partial charge >= 0.3 is 11.9 Å². The Morgan fingerprint density at radius 2 is 0.625 bits per heavy atom. The summed E-state index contributed by atoms with van der Waals surface area (Å²) in [5.74, 6) is -1.87. The second kappa shape index (κ2) is 42.9. The Kier molecular flexibility index (Phi) is 67.8. The lowest BCUT2D eigenvalue weighted by Crippen LogP contribution is -1.92. The Bertz CT molecular complexity index is 221. The van der Waals surface area contributed by atoms with Crippen LogP contribution in [0.1, 0.15) is 13.8 Å². The van der Waals surface area contributed by atoms with Gasteiger partial charge in [0.1, 0.15) is 27.2 Å². The van der Waals surface area contributed by atoms with Gasteiger partial charge in [-0.25, -0.2) is 9.59 Å². The standard InChI is InChI=1S/2C4H6O2.4CH4O2/c2*1-3(2)4(5)6;4*2-1-3/h2*1H2,2H3,(H,5,6);4*2-3H,1H2. The van der Waals surface area contributed by atoms with Crippen molar-refractivity contribution in [3.8, 4) is 0 Å². The molecule has 0 bridgehead atoms. The van der Waals surface area contributed by atoms with Gasteiger partial charge in [0.05, 0.1) is 0 Å². The molecule has 0 aliphatic carbocycles. The number of rotatable bonds is 2. The summed E-state index contributed by atoms with van der Waals surface area (Å²) in [6, 6.07) is 0. The fourth-order valence-corrected chi connectivity index (χ4v) is 0. The van der Waals surface area contributed by atoms with Gasteiger partial charge in [-0.2, -0.15) is 0 Å². The van der Waals surface area contributed by atoms with Gasteiger partial charge in [0.2, 0.25) is 0 Å². The van der Waals surface area contributed by atoms with Crippen LogP contribution in [0.4, 0.5) is 0 Å². The lowest BCUT2D eigenvalue weighted by molar-refractivity contribution is -0.133. The Hall–Kier alpha value is -1.90. The van der Waals surface area contributed by atoms with Crippen LogP contribution in [0, 0.1) is 0 Å². The number of aliphatic carboxylic acids is 2. The second-order valence-electron chi connectivity index (χ2n) is 2.74. The van der Waals surface area contributed by atoms with Crippen LogP contribution in [0.25, 0.3) is 0 Å². The number of hydrogen-bond donors (Lipinski definition) is 10. The smallest absolute Gasteiger partial charge is 0.330 e. The van der Waals surface area contributed by atoms with E-state index in [0.717, 1.165) is 0 Å². The zero-order valence-electron chi connectivity index (χ0n) is 13.5. The summed E-state index contributed by atoms with van der Waals surface area (Å²) >= 11 is 0. The third-order valence-electron chi connectivity index (χ3n) is 0.730. The van der Waals surface area contributed by atoms with Crippen molar-refractivity contribution in [2.45, 2.75) is 13.8 Å². The van der Waals surface area contributed by atoms with Crippen LogP contribution in [-0.2, 0) is 9.59 Å². The monoisotopic (exact) mass is 364 g/mol. The maximum Gasteiger partial charge on any atom is 0.330 e. The highest BCUT2D eigenvalue weighted by Crippen LogP contribution is 1.81. The van der Waals surface area contributed by atoms with Gasteiger partial charge in [-0.1, -0.05) is 13.2 Å². The van der Waals surface area contributed by atoms with E-state index in [-0.39, 0.29) is 11.1 Å². The van der Waals surface area contributed by atoms with Gasteiger partial charge in [0.25, 0.3) is 0 Å². The summed E-state index contributed by atoms with van der Waals surface area (Å²) in [7, 11) is 0. The lowest BCUT2D eigenvalue weighted by atomic mass is 10.4. The molecule has 0 heterocycles. The largest absolute Gasteiger partial charge is 0.478 e. The van der Waals surface area contributed by atoms with E-state index >= 15 is 0 Å². The first-order valence-electron chi connectivity index (χ1n) is 5.59. The molecule has 12 heteroatoms. The molecule has 0 fully saturated rings. The van der Waals surface area contributed by atoms with Crippen LogP contribution in [0.5, 0.6) is 0 Å². The van der Waals surface area contributed by atoms with Crippen molar-refractivity contribution in [1.29, 1.82) is 0 Å². The zero-order valence-corrected chi connectivity index (χ0v) is 13.5. The van der Waals surface area contributed by atoms with E-state index in [9.17, 15) is 9.59 Å². The van der Waals surface area contributed by atoms with Crippen molar-refractivity contribution >= 4 is 11.9 Å². The van der Waals surface area contributed by atoms with Crippen molar-refractivity contribution in [1.82, 2.24) is 0 Å². The van der Waals surface area contributed by atoms with Crippen LogP contribution in [0.15, 0.2) is 24.3 Å². The van der Waals surface area contributed by atoms with E-state index in [1.807, 2.05) is 0 Å². The molecule has 10 N–H and O–H groups in total. The van der Waals surface area contributed by atoms with E-state index in [1.165, 1.54) is 13.8 Å². The molecule has 0 unspecified atom stereocenters. The SMILES string of the molecule is C=C(C)C(=O)O.C=C(C)C(=O)O.OCO.OCO.OCO.OCO. The van der Waals surface area contributed by atoms with Gasteiger partial charge in [0.15, 0.2) is 0 Å². The van der Waals surface area contributed by atoms with Crippen molar-refractivity contribution in [2.75, 3.05) is 27.2 Å². The van der Waals surface area contributed by atoms with Crippen LogP contribution in [0.3, 0.4) is 0 Å². The molecule has 148 valence electrons. The fraction of sp³-hybridized carbons (Fsp3) is 0.500. The average molecular weight is 364 g/mol. The lowest BCUT2D eigenvalue weighted by Gasteiger charge is -1.79. The molecule has 0 amide bonds. The number of aliphatic hydroxyl groups excluding tert-OH is 4. The van der Waals surface area contributed by atoms with Crippen molar-refractivity contribution in [2.24, 2.45) is 0 Å². The first-order chi connectivity index (χ1) is 10.9. The van der Waals surface area contributed by atoms with Crippen LogP contribution in [-0.4, -0.2) is 90.2 Å². The van der Waals surface area contributed by atoms with E-state index in [1.54, 1.807) is 0 Å². The number of aliphatic hydroxyl groups is 8. The minimum Gasteiger partial charge on any atom is -0.478 e. The topological polar surface area (TPSA) is 236 Å². The van der Waals surface area contributed by atoms with Crippen molar-refractivity contribution < 1.29 is 60.7 Å². The molecule has 0 aromatic carbocycles. The minimum absolute atomic E-state index is 0.176. The number of carbonyl (C=O) groups is 2. The maximum absolute atomic E-state index is 9.60. The maximum atomic E-state index is 9.60. The fourth-order valence-electron chi connectivity index (χ4n) is 0. The molecular formula is C12H28O12. The molecule has 0 aliphatic heterocycles. The summed E-state index contributed by atoms with van der Waals surface area (Å²) in [5, 5.41) is 72.8. The molecule has 0 aromatic heterocycles. The van der Waals surface area contributed by atoms with Crippen molar-refractivity contribution in [3.05, 3.63) is 24.3 Å². The third-order valence-corrected chi connectivity index (χ3v) is 0.730. The predicted octanol–water partition coefficient (Wildman–Crippen LogP) is -2.99. The Labute approximate surface area is 139 Å². The Balaban J connectivity index is -0.0000000421. The number of carboxylic acid groups (broad SMARTS) is 2. The summed E-state index contributed by atoms with van der Waals surface area (Å²) in [6.45, 7) is 6.20. The highest BCUT2D eigenvalue weighted by molar-refractivity contribution is 5.85. The molecule has 0 radical (unpaired) electrons. The normalized spacial score (nSPS) is 6.75. The summed E-state index contributed by atoms with van der Waals surface area (Å²) in [4.78, 5) is 19.2. The summed E-state index contributed by atoms with van der Waals surface area (Å²) < 4.78 is 0. The van der Waals surface area contributed by atoms with E-state index < -0.39 is 39.1 Å². The van der Waals surface area contributed by atoms with Crippen molar-refractivity contribution in [3.63, 3.8) is 0 Å². The Morgan fingerprint density at radius 1 is 0.583 bits per heavy atom. The summed E-state index contributed by atoms with van der Waals surface area (Å²) in [5.41, 5.74) is 0.352. The molecule has 24 heavy (non-hydrogen) atoms. The first kappa shape index (κ1) is 38.0. The highest BCUT2D eigenvalue weighted by atomic mass is 16.5. The molecule has 0 atom stereocenters. The summed E-state index contributed by atoms with van der Waals surface area (Å²) in [6.07, 6.45) is 0. The third kappa shape index (κ3) is 197. The molecule has 0 saturated heterocycles. The van der Waals surface area contributed by atoms with Gasteiger partial charge in [-0.3, -0.25) is 0 Å². The zero-order chi connectivity index (χ0) is 21.1. The number of carboxylic acids is 2. The average Bonchev–Trinajstić information content (AvgIpc) is 2.42. The predicted molar refractivity (Wildman–Crippen MR) is 82.1 cm³/mol. The quantitative estimate of drug-likeness (QED) is 0.174. The van der Waals surface area contributed by atoms with Crippen LogP contribution in [0.2, 0.25) is 0 Å². The van der Waals surface area contributed by atoms with Gasteiger partial charge in [0, 0.05) is 11.1 Å². The molecule has 0 rings (SSSR count). The van der Waals surface area contributed by atoms with Gasteiger partial charge in [-0.15, -0.1) is 0 Å². The molecule has 0 spiro atoms. The molecule has 0 saturated carbocycles. The molecule has 12 nitrogen and oxygen atoms in total. The van der Waals surface area contributed by atoms with E-state index in [0.29, 0.717) is 0 Å². The first-order valence-corrected chi connectivity index (χ1v) is 5.59. The Morgan fingerprint density at radius 3 is 0.625 bits per heavy atom. The highest BCUT2D eigenvalue weighted by Gasteiger charge is 1.90. The van der Waals surface area contributed by atoms with Gasteiger partial charge in [-0.05, 0) is 13.8 Å². The molecular weight excluding hydrogens is 336 g/mol. The van der Waals surface area contributed by atoms with E-state index in [4.69, 9.17) is 51.1 Å². The van der Waals surface area contributed by atoms with Crippen LogP contribution >= 0.6 is 0 Å². The van der Waals surface area contributed by atoms with Crippen LogP contribution < -0.4 is 0 Å². The second-order valence-corrected chi connectivity index (χ2v) is 2.74. The number of hydrogen-bond acceptors (Lipinski definition) is 10. The van der Waals surface area contributed by atoms with Gasteiger partial charge < -0.3 is 51.1 Å². The minimum atomic E-state index is -0.935. The molecule has 0 aromatic rings.